The van der Waals surface area contributed by atoms with E-state index in [4.69, 9.17) is 21.1 Å². The summed E-state index contributed by atoms with van der Waals surface area (Å²) in [5.74, 6) is 0.726. The molecule has 5 nitrogen and oxygen atoms in total. The smallest absolute Gasteiger partial charge is 0.262 e. The normalized spacial score (nSPS) is 10.5. The number of halogens is 2. The topological polar surface area (TPSA) is 59.6 Å². The van der Waals surface area contributed by atoms with Gasteiger partial charge in [-0.15, -0.1) is 0 Å². The fourth-order valence-corrected chi connectivity index (χ4v) is 3.87. The van der Waals surface area contributed by atoms with Crippen LogP contribution in [0.3, 0.4) is 0 Å². The highest BCUT2D eigenvalue weighted by Crippen LogP contribution is 2.37. The summed E-state index contributed by atoms with van der Waals surface area (Å²) in [5.41, 5.74) is 4.93. The zero-order chi connectivity index (χ0) is 23.1. The molecule has 0 bridgehead atoms. The quantitative estimate of drug-likeness (QED) is 0.335. The first-order chi connectivity index (χ1) is 15.4. The minimum absolute atomic E-state index is 0.165. The zero-order valence-corrected chi connectivity index (χ0v) is 20.6. The van der Waals surface area contributed by atoms with Gasteiger partial charge in [0.15, 0.2) is 18.1 Å². The molecule has 3 aromatic carbocycles. The Morgan fingerprint density at radius 3 is 2.41 bits per heavy atom. The van der Waals surface area contributed by atoms with E-state index in [2.05, 4.69) is 57.8 Å². The van der Waals surface area contributed by atoms with Crippen molar-refractivity contribution in [3.05, 3.63) is 80.8 Å². The molecule has 0 saturated carbocycles. The van der Waals surface area contributed by atoms with E-state index in [0.717, 1.165) is 23.2 Å². The molecule has 0 radical (unpaired) electrons. The average molecular weight is 518 g/mol. The van der Waals surface area contributed by atoms with Crippen molar-refractivity contribution < 1.29 is 14.3 Å². The van der Waals surface area contributed by atoms with Crippen LogP contribution in [-0.2, 0) is 17.8 Å². The van der Waals surface area contributed by atoms with Crippen LogP contribution in [0.15, 0.2) is 59.1 Å². The summed E-state index contributed by atoms with van der Waals surface area (Å²) in [7, 11) is 1.57. The van der Waals surface area contributed by atoms with E-state index in [1.54, 1.807) is 19.2 Å². The van der Waals surface area contributed by atoms with E-state index in [-0.39, 0.29) is 12.5 Å². The number of nitrogens with one attached hydrogen (secondary N) is 2. The first-order valence-corrected chi connectivity index (χ1v) is 11.4. The van der Waals surface area contributed by atoms with Crippen molar-refractivity contribution in [1.82, 2.24) is 0 Å². The number of hydrogen-bond donors (Lipinski definition) is 2. The van der Waals surface area contributed by atoms with Gasteiger partial charge in [0, 0.05) is 22.9 Å². The van der Waals surface area contributed by atoms with Crippen molar-refractivity contribution in [3.8, 4) is 11.5 Å². The van der Waals surface area contributed by atoms with Crippen LogP contribution in [0.4, 0.5) is 11.4 Å². The third kappa shape index (κ3) is 6.40. The van der Waals surface area contributed by atoms with Gasteiger partial charge in [-0.1, -0.05) is 36.7 Å². The molecule has 0 aliphatic heterocycles. The second-order valence-corrected chi connectivity index (χ2v) is 8.58. The summed E-state index contributed by atoms with van der Waals surface area (Å²) in [6.45, 7) is 4.50. The van der Waals surface area contributed by atoms with Crippen molar-refractivity contribution in [2.24, 2.45) is 0 Å². The van der Waals surface area contributed by atoms with E-state index >= 15 is 0 Å². The molecule has 0 fully saturated rings. The number of aryl methyl sites for hydroxylation is 2. The second-order valence-electron chi connectivity index (χ2n) is 7.31. The van der Waals surface area contributed by atoms with Crippen LogP contribution in [0.5, 0.6) is 11.5 Å². The number of carbonyl (C=O) groups excluding carboxylic acids is 1. The molecule has 0 aliphatic rings. The van der Waals surface area contributed by atoms with Crippen molar-refractivity contribution in [1.29, 1.82) is 0 Å². The van der Waals surface area contributed by atoms with E-state index in [1.807, 2.05) is 25.1 Å². The third-order valence-corrected chi connectivity index (χ3v) is 5.95. The molecule has 32 heavy (non-hydrogen) atoms. The van der Waals surface area contributed by atoms with Crippen molar-refractivity contribution in [2.45, 2.75) is 26.8 Å². The highest BCUT2D eigenvalue weighted by Gasteiger charge is 2.14. The molecular weight excluding hydrogens is 492 g/mol. The molecule has 0 aromatic heterocycles. The first kappa shape index (κ1) is 24.0. The number of hydrogen-bond acceptors (Lipinski definition) is 4. The Bertz CT molecular complexity index is 1090. The summed E-state index contributed by atoms with van der Waals surface area (Å²) in [6.07, 6.45) is 1.02. The maximum Gasteiger partial charge on any atom is 0.262 e. The molecule has 0 saturated heterocycles. The molecular formula is C25H26BrClN2O3. The van der Waals surface area contributed by atoms with Crippen LogP contribution >= 0.6 is 27.5 Å². The monoisotopic (exact) mass is 516 g/mol. The van der Waals surface area contributed by atoms with Gasteiger partial charge in [0.05, 0.1) is 11.6 Å². The molecule has 168 valence electrons. The molecule has 0 spiro atoms. The third-order valence-electron chi connectivity index (χ3n) is 4.95. The highest BCUT2D eigenvalue weighted by atomic mass is 79.9. The molecule has 0 aliphatic carbocycles. The van der Waals surface area contributed by atoms with Crippen molar-refractivity contribution >= 4 is 44.8 Å². The minimum atomic E-state index is -0.292. The number of methoxy groups -OCH3 is 1. The van der Waals surface area contributed by atoms with Crippen LogP contribution in [0.25, 0.3) is 0 Å². The van der Waals surface area contributed by atoms with Gasteiger partial charge in [-0.25, -0.2) is 0 Å². The summed E-state index contributed by atoms with van der Waals surface area (Å²) in [6, 6.07) is 17.6. The number of anilines is 2. The number of rotatable bonds is 9. The van der Waals surface area contributed by atoms with E-state index < -0.39 is 0 Å². The minimum Gasteiger partial charge on any atom is -0.493 e. The van der Waals surface area contributed by atoms with Gasteiger partial charge in [-0.3, -0.25) is 4.79 Å². The predicted octanol–water partition coefficient (Wildman–Crippen LogP) is 6.61. The summed E-state index contributed by atoms with van der Waals surface area (Å²) in [4.78, 5) is 12.3. The van der Waals surface area contributed by atoms with E-state index in [0.29, 0.717) is 33.2 Å². The Morgan fingerprint density at radius 2 is 1.75 bits per heavy atom. The maximum atomic E-state index is 12.3. The molecule has 2 N–H and O–H groups in total. The molecule has 1 amide bonds. The standard InChI is InChI=1S/C25H26BrClN2O3/c1-4-17-6-9-19(10-7-17)28-14-18-11-21(26)25(23(12-18)31-3)32-15-24(30)29-20-8-5-16(2)22(27)13-20/h5-13,28H,4,14-15H2,1-3H3,(H,29,30). The molecule has 0 heterocycles. The lowest BCUT2D eigenvalue weighted by molar-refractivity contribution is -0.118. The van der Waals surface area contributed by atoms with Crippen LogP contribution in [0.2, 0.25) is 5.02 Å². The first-order valence-electron chi connectivity index (χ1n) is 10.3. The van der Waals surface area contributed by atoms with Gasteiger partial charge >= 0.3 is 0 Å². The van der Waals surface area contributed by atoms with Gasteiger partial charge in [0.2, 0.25) is 0 Å². The Balaban J connectivity index is 1.62. The number of carbonyl (C=O) groups is 1. The Kier molecular flexibility index (Phi) is 8.42. The average Bonchev–Trinajstić information content (AvgIpc) is 2.79. The Morgan fingerprint density at radius 1 is 1.03 bits per heavy atom. The maximum absolute atomic E-state index is 12.3. The predicted molar refractivity (Wildman–Crippen MR) is 134 cm³/mol. The molecule has 0 unspecified atom stereocenters. The fraction of sp³-hybridized carbons (Fsp3) is 0.240. The summed E-state index contributed by atoms with van der Waals surface area (Å²) in [5, 5.41) is 6.78. The molecule has 7 heteroatoms. The number of amides is 1. The van der Waals surface area contributed by atoms with Crippen LogP contribution in [0.1, 0.15) is 23.6 Å². The van der Waals surface area contributed by atoms with Gasteiger partial charge in [0.25, 0.3) is 5.91 Å². The van der Waals surface area contributed by atoms with Crippen LogP contribution in [-0.4, -0.2) is 19.6 Å². The molecule has 3 rings (SSSR count). The lowest BCUT2D eigenvalue weighted by atomic mass is 10.1. The largest absolute Gasteiger partial charge is 0.493 e. The second kappa shape index (κ2) is 11.2. The molecule has 0 atom stereocenters. The lowest BCUT2D eigenvalue weighted by Gasteiger charge is -2.15. The number of ether oxygens (including phenoxy) is 2. The SMILES string of the molecule is CCc1ccc(NCc2cc(Br)c(OCC(=O)Nc3ccc(C)c(Cl)c3)c(OC)c2)cc1. The number of benzene rings is 3. The Labute approximate surface area is 202 Å². The van der Waals surface area contributed by atoms with Crippen molar-refractivity contribution in [3.63, 3.8) is 0 Å². The van der Waals surface area contributed by atoms with Gasteiger partial charge in [-0.2, -0.15) is 0 Å². The van der Waals surface area contributed by atoms with Crippen molar-refractivity contribution in [2.75, 3.05) is 24.4 Å². The van der Waals surface area contributed by atoms with Gasteiger partial charge in [0.1, 0.15) is 0 Å². The van der Waals surface area contributed by atoms with E-state index in [9.17, 15) is 4.79 Å². The van der Waals surface area contributed by atoms with Gasteiger partial charge in [-0.05, 0) is 82.4 Å². The van der Waals surface area contributed by atoms with Crippen LogP contribution < -0.4 is 20.1 Å². The lowest BCUT2D eigenvalue weighted by Crippen LogP contribution is -2.20. The summed E-state index contributed by atoms with van der Waals surface area (Å²) >= 11 is 9.65. The van der Waals surface area contributed by atoms with Crippen LogP contribution in [0, 0.1) is 6.92 Å². The molecule has 3 aromatic rings. The fourth-order valence-electron chi connectivity index (χ4n) is 3.08. The Hall–Kier alpha value is -2.70. The highest BCUT2D eigenvalue weighted by molar-refractivity contribution is 9.10. The zero-order valence-electron chi connectivity index (χ0n) is 18.3. The van der Waals surface area contributed by atoms with Gasteiger partial charge < -0.3 is 20.1 Å². The van der Waals surface area contributed by atoms with E-state index in [1.165, 1.54) is 5.56 Å². The summed E-state index contributed by atoms with van der Waals surface area (Å²) < 4.78 is 12.0.